The molecule has 1 fully saturated rings. The molecule has 2 aliphatic rings. The maximum Gasteiger partial charge on any atom is 0.339 e. The first-order valence-electron chi connectivity index (χ1n) is 9.88. The smallest absolute Gasteiger partial charge is 0.339 e. The lowest BCUT2D eigenvalue weighted by Crippen LogP contribution is -2.49. The second-order valence-corrected chi connectivity index (χ2v) is 8.34. The summed E-state index contributed by atoms with van der Waals surface area (Å²) < 4.78 is 25.5. The number of aromatic carboxylic acids is 1. The molecule has 1 atom stereocenters. The zero-order valence-electron chi connectivity index (χ0n) is 16.3. The number of ether oxygens (including phenoxy) is 2. The molecule has 2 aromatic rings. The van der Waals surface area contributed by atoms with Crippen LogP contribution in [-0.2, 0) is 6.42 Å². The minimum absolute atomic E-state index is 0.191. The van der Waals surface area contributed by atoms with Gasteiger partial charge in [-0.2, -0.15) is 0 Å². The van der Waals surface area contributed by atoms with Crippen LogP contribution in [0.4, 0.5) is 4.39 Å². The van der Waals surface area contributed by atoms with E-state index >= 15 is 0 Å². The molecule has 30 heavy (non-hydrogen) atoms. The van der Waals surface area contributed by atoms with E-state index in [1.165, 1.54) is 12.1 Å². The number of para-hydroxylation sites is 1. The predicted molar refractivity (Wildman–Crippen MR) is 109 cm³/mol. The highest BCUT2D eigenvalue weighted by Crippen LogP contribution is 2.41. The van der Waals surface area contributed by atoms with Gasteiger partial charge in [0.2, 0.25) is 0 Å². The minimum Gasteiger partial charge on any atom is -0.487 e. The third kappa shape index (κ3) is 4.38. The highest BCUT2D eigenvalue weighted by molar-refractivity contribution is 6.30. The van der Waals surface area contributed by atoms with Crippen molar-refractivity contribution in [3.8, 4) is 11.5 Å². The number of carboxylic acids is 1. The largest absolute Gasteiger partial charge is 0.487 e. The number of carboxylic acid groups (broad SMARTS) is 1. The molecule has 4 rings (SSSR count). The van der Waals surface area contributed by atoms with Gasteiger partial charge in [0.1, 0.15) is 29.6 Å². The Kier molecular flexibility index (Phi) is 5.86. The van der Waals surface area contributed by atoms with Crippen LogP contribution in [0.5, 0.6) is 11.5 Å². The van der Waals surface area contributed by atoms with Gasteiger partial charge in [-0.05, 0) is 35.9 Å². The second-order valence-electron chi connectivity index (χ2n) is 7.90. The number of hydrogen-bond donors (Lipinski definition) is 2. The second kappa shape index (κ2) is 8.41. The maximum atomic E-state index is 13.9. The summed E-state index contributed by atoms with van der Waals surface area (Å²) in [5.74, 6) is -1.50. The van der Waals surface area contributed by atoms with Gasteiger partial charge in [-0.3, -0.25) is 0 Å². The highest BCUT2D eigenvalue weighted by Gasteiger charge is 2.42. The molecule has 160 valence electrons. The zero-order chi connectivity index (χ0) is 21.3. The Bertz CT molecular complexity index is 945. The van der Waals surface area contributed by atoms with E-state index in [4.69, 9.17) is 26.2 Å². The van der Waals surface area contributed by atoms with Crippen molar-refractivity contribution in [3.63, 3.8) is 0 Å². The molecule has 8 heteroatoms. The lowest BCUT2D eigenvalue weighted by atomic mass is 9.87. The van der Waals surface area contributed by atoms with Crippen LogP contribution in [0.2, 0.25) is 5.02 Å². The minimum atomic E-state index is -1.28. The summed E-state index contributed by atoms with van der Waals surface area (Å²) in [5.41, 5.74) is 0.637. The summed E-state index contributed by atoms with van der Waals surface area (Å²) in [6.07, 6.45) is 1.60. The fourth-order valence-corrected chi connectivity index (χ4v) is 4.37. The van der Waals surface area contributed by atoms with E-state index in [1.54, 1.807) is 0 Å². The molecular formula is C22H23ClFNO5. The number of hydrogen-bond acceptors (Lipinski definition) is 5. The molecule has 0 saturated carbocycles. The van der Waals surface area contributed by atoms with Gasteiger partial charge >= 0.3 is 5.97 Å². The van der Waals surface area contributed by atoms with E-state index in [0.29, 0.717) is 11.6 Å². The van der Waals surface area contributed by atoms with Crippen molar-refractivity contribution < 1.29 is 28.9 Å². The van der Waals surface area contributed by atoms with Crippen LogP contribution in [0, 0.1) is 5.82 Å². The summed E-state index contributed by atoms with van der Waals surface area (Å²) in [7, 11) is 0. The fraction of sp³-hybridized carbons (Fsp3) is 0.409. The van der Waals surface area contributed by atoms with Crippen LogP contribution in [0.1, 0.15) is 28.8 Å². The van der Waals surface area contributed by atoms with E-state index in [0.717, 1.165) is 49.7 Å². The van der Waals surface area contributed by atoms with Crippen LogP contribution in [0.3, 0.4) is 0 Å². The first-order valence-corrected chi connectivity index (χ1v) is 10.3. The molecular weight excluding hydrogens is 413 g/mol. The first-order chi connectivity index (χ1) is 14.3. The van der Waals surface area contributed by atoms with Gasteiger partial charge in [0.15, 0.2) is 11.6 Å². The Morgan fingerprint density at radius 1 is 1.30 bits per heavy atom. The van der Waals surface area contributed by atoms with Crippen LogP contribution >= 0.6 is 11.6 Å². The molecule has 0 aliphatic carbocycles. The van der Waals surface area contributed by atoms with E-state index in [2.05, 4.69) is 4.90 Å². The van der Waals surface area contributed by atoms with Gasteiger partial charge in [-0.1, -0.05) is 17.7 Å². The number of aliphatic hydroxyl groups is 1. The van der Waals surface area contributed by atoms with E-state index in [9.17, 15) is 14.3 Å². The molecule has 2 aliphatic heterocycles. The lowest BCUT2D eigenvalue weighted by Gasteiger charge is -2.39. The van der Waals surface area contributed by atoms with Gasteiger partial charge < -0.3 is 24.6 Å². The number of aliphatic hydroxyl groups excluding tert-OH is 1. The standard InChI is InChI=1S/C22H23ClFNO5/c23-15-4-5-19-14(10-15)11-22(30-19)6-8-25(9-7-22)12-16(26)13-29-20-17(21(27)28)2-1-3-18(20)24/h1-5,10,16,26H,6-9,11-13H2,(H,27,28)/t16-/m0/s1. The van der Waals surface area contributed by atoms with Crippen molar-refractivity contribution in [3.05, 3.63) is 58.4 Å². The van der Waals surface area contributed by atoms with Crippen LogP contribution in [0.25, 0.3) is 0 Å². The molecule has 1 saturated heterocycles. The average molecular weight is 436 g/mol. The number of nitrogens with zero attached hydrogens (tertiary/aromatic N) is 1. The van der Waals surface area contributed by atoms with E-state index in [1.807, 2.05) is 18.2 Å². The quantitative estimate of drug-likeness (QED) is 0.724. The molecule has 1 spiro atoms. The molecule has 0 amide bonds. The average Bonchev–Trinajstić information content (AvgIpc) is 3.05. The highest BCUT2D eigenvalue weighted by atomic mass is 35.5. The number of benzene rings is 2. The monoisotopic (exact) mass is 435 g/mol. The molecule has 2 heterocycles. The Labute approximate surface area is 178 Å². The van der Waals surface area contributed by atoms with E-state index in [-0.39, 0.29) is 23.5 Å². The molecule has 0 unspecified atom stereocenters. The predicted octanol–water partition coefficient (Wildman–Crippen LogP) is 3.39. The van der Waals surface area contributed by atoms with Crippen molar-refractivity contribution >= 4 is 17.6 Å². The Hall–Kier alpha value is -2.35. The number of carbonyl (C=O) groups is 1. The van der Waals surface area contributed by atoms with E-state index < -0.39 is 17.9 Å². The summed E-state index contributed by atoms with van der Waals surface area (Å²) in [5, 5.41) is 20.2. The third-order valence-corrected chi connectivity index (χ3v) is 5.95. The van der Waals surface area contributed by atoms with Crippen molar-refractivity contribution in [2.24, 2.45) is 0 Å². The summed E-state index contributed by atoms with van der Waals surface area (Å²) in [6, 6.07) is 9.40. The van der Waals surface area contributed by atoms with Gasteiger partial charge in [0.25, 0.3) is 0 Å². The number of β-amino-alcohol motifs (C(OH)–C–C–N with tert-alkyl or cyclic N) is 1. The first kappa shape index (κ1) is 20.9. The van der Waals surface area contributed by atoms with Crippen molar-refractivity contribution in [2.75, 3.05) is 26.2 Å². The number of likely N-dealkylation sites (tertiary alicyclic amines) is 1. The Morgan fingerprint density at radius 3 is 2.80 bits per heavy atom. The van der Waals surface area contributed by atoms with Crippen molar-refractivity contribution in [1.29, 1.82) is 0 Å². The number of fused-ring (bicyclic) bond motifs is 1. The topological polar surface area (TPSA) is 79.2 Å². The molecule has 0 aromatic heterocycles. The molecule has 0 radical (unpaired) electrons. The Balaban J connectivity index is 1.29. The maximum absolute atomic E-state index is 13.9. The number of piperidine rings is 1. The third-order valence-electron chi connectivity index (χ3n) is 5.72. The molecule has 2 N–H and O–H groups in total. The normalized spacial score (nSPS) is 18.6. The van der Waals surface area contributed by atoms with Crippen LogP contribution in [-0.4, -0.2) is 59.0 Å². The number of rotatable bonds is 6. The zero-order valence-corrected chi connectivity index (χ0v) is 17.1. The van der Waals surface area contributed by atoms with Crippen LogP contribution < -0.4 is 9.47 Å². The summed E-state index contributed by atoms with van der Waals surface area (Å²) in [6.45, 7) is 1.66. The lowest BCUT2D eigenvalue weighted by molar-refractivity contribution is -0.00227. The van der Waals surface area contributed by atoms with Crippen molar-refractivity contribution in [1.82, 2.24) is 4.90 Å². The van der Waals surface area contributed by atoms with Crippen LogP contribution in [0.15, 0.2) is 36.4 Å². The molecule has 2 aromatic carbocycles. The SMILES string of the molecule is O=C(O)c1cccc(F)c1OC[C@@H](O)CN1CCC2(CC1)Cc1cc(Cl)ccc1O2. The van der Waals surface area contributed by atoms with Gasteiger partial charge in [-0.15, -0.1) is 0 Å². The molecule has 6 nitrogen and oxygen atoms in total. The van der Waals surface area contributed by atoms with Gasteiger partial charge in [-0.25, -0.2) is 9.18 Å². The number of halogens is 2. The Morgan fingerprint density at radius 2 is 2.07 bits per heavy atom. The molecule has 0 bridgehead atoms. The summed E-state index contributed by atoms with van der Waals surface area (Å²) in [4.78, 5) is 13.3. The van der Waals surface area contributed by atoms with Gasteiger partial charge in [0, 0.05) is 43.9 Å². The van der Waals surface area contributed by atoms with Crippen molar-refractivity contribution in [2.45, 2.75) is 31.0 Å². The van der Waals surface area contributed by atoms with Gasteiger partial charge in [0.05, 0.1) is 0 Å². The fourth-order valence-electron chi connectivity index (χ4n) is 4.18. The summed E-state index contributed by atoms with van der Waals surface area (Å²) >= 11 is 6.08.